The van der Waals surface area contributed by atoms with Crippen LogP contribution in [0.3, 0.4) is 0 Å². The van der Waals surface area contributed by atoms with Gasteiger partial charge in [-0.3, -0.25) is 14.9 Å². The zero-order chi connectivity index (χ0) is 15.1. The van der Waals surface area contributed by atoms with Gasteiger partial charge in [0.15, 0.2) is 0 Å². The van der Waals surface area contributed by atoms with Gasteiger partial charge in [-0.15, -0.1) is 0 Å². The maximum Gasteiger partial charge on any atom is 0.284 e. The lowest BCUT2D eigenvalue weighted by Crippen LogP contribution is -2.25. The fourth-order valence-corrected chi connectivity index (χ4v) is 2.03. The first-order chi connectivity index (χ1) is 9.45. The van der Waals surface area contributed by atoms with E-state index in [0.29, 0.717) is 11.0 Å². The molecule has 0 aliphatic heterocycles. The molecule has 1 aromatic carbocycles. The van der Waals surface area contributed by atoms with Gasteiger partial charge in [0.25, 0.3) is 11.6 Å². The van der Waals surface area contributed by atoms with Crippen LogP contribution >= 0.6 is 15.9 Å². The van der Waals surface area contributed by atoms with E-state index < -0.39 is 4.92 Å². The molecule has 7 heteroatoms. The maximum absolute atomic E-state index is 11.8. The van der Waals surface area contributed by atoms with Crippen molar-refractivity contribution in [3.63, 3.8) is 0 Å². The number of hydrogen-bond donors (Lipinski definition) is 2. The van der Waals surface area contributed by atoms with E-state index >= 15 is 0 Å². The molecule has 1 amide bonds. The normalized spacial score (nSPS) is 11.9. The average Bonchev–Trinajstić information content (AvgIpc) is 2.43. The number of halogens is 1. The number of carbonyl (C=O) groups excluding carboxylic acids is 1. The number of nitro groups is 1. The third kappa shape index (κ3) is 4.90. The summed E-state index contributed by atoms with van der Waals surface area (Å²) in [5.74, 6) is -0.127. The molecule has 1 atom stereocenters. The van der Waals surface area contributed by atoms with E-state index in [-0.39, 0.29) is 29.7 Å². The van der Waals surface area contributed by atoms with Crippen LogP contribution in [0.15, 0.2) is 22.7 Å². The Morgan fingerprint density at radius 3 is 2.85 bits per heavy atom. The van der Waals surface area contributed by atoms with E-state index in [2.05, 4.69) is 21.2 Å². The fourth-order valence-electron chi connectivity index (χ4n) is 1.64. The summed E-state index contributed by atoms with van der Waals surface area (Å²) < 4.78 is 0.343. The molecule has 0 radical (unpaired) electrons. The van der Waals surface area contributed by atoms with E-state index in [9.17, 15) is 14.9 Å². The second-order valence-corrected chi connectivity index (χ2v) is 5.46. The lowest BCUT2D eigenvalue weighted by atomic mass is 10.1. The zero-order valence-electron chi connectivity index (χ0n) is 11.1. The summed E-state index contributed by atoms with van der Waals surface area (Å²) in [5, 5.41) is 22.4. The molecule has 110 valence electrons. The van der Waals surface area contributed by atoms with Crippen LogP contribution in [0.2, 0.25) is 0 Å². The first-order valence-electron chi connectivity index (χ1n) is 6.28. The van der Waals surface area contributed by atoms with Gasteiger partial charge in [-0.2, -0.15) is 0 Å². The molecule has 1 aromatic rings. The summed E-state index contributed by atoms with van der Waals surface area (Å²) in [4.78, 5) is 22.1. The number of nitrogens with zero attached hydrogens (tertiary/aromatic N) is 1. The zero-order valence-corrected chi connectivity index (χ0v) is 12.7. The maximum atomic E-state index is 11.8. The van der Waals surface area contributed by atoms with Gasteiger partial charge in [0.2, 0.25) is 0 Å². The summed E-state index contributed by atoms with van der Waals surface area (Å²) in [6.45, 7) is 2.54. The van der Waals surface area contributed by atoms with Gasteiger partial charge in [0.1, 0.15) is 0 Å². The Morgan fingerprint density at radius 1 is 1.55 bits per heavy atom. The largest absolute Gasteiger partial charge is 0.396 e. The summed E-state index contributed by atoms with van der Waals surface area (Å²) in [5.41, 5.74) is 0.127. The summed E-state index contributed by atoms with van der Waals surface area (Å²) in [6.07, 6.45) is 1.57. The first kappa shape index (κ1) is 16.6. The molecule has 0 saturated carbocycles. The number of aliphatic hydroxyl groups excluding tert-OH is 1. The van der Waals surface area contributed by atoms with E-state index in [0.717, 1.165) is 12.8 Å². The van der Waals surface area contributed by atoms with E-state index in [1.807, 2.05) is 6.92 Å². The minimum absolute atomic E-state index is 0.132. The Bertz CT molecular complexity index is 493. The molecule has 1 unspecified atom stereocenters. The Hall–Kier alpha value is -1.47. The highest BCUT2D eigenvalue weighted by molar-refractivity contribution is 9.10. The van der Waals surface area contributed by atoms with Crippen molar-refractivity contribution in [2.45, 2.75) is 19.8 Å². The highest BCUT2D eigenvalue weighted by atomic mass is 79.9. The molecular weight excluding hydrogens is 328 g/mol. The smallest absolute Gasteiger partial charge is 0.284 e. The first-order valence-corrected chi connectivity index (χ1v) is 7.08. The minimum Gasteiger partial charge on any atom is -0.396 e. The van der Waals surface area contributed by atoms with E-state index in [1.165, 1.54) is 18.2 Å². The third-order valence-corrected chi connectivity index (χ3v) is 3.55. The fraction of sp³-hybridized carbons (Fsp3) is 0.462. The van der Waals surface area contributed by atoms with Gasteiger partial charge in [-0.25, -0.2) is 0 Å². The Kier molecular flexibility index (Phi) is 6.60. The summed E-state index contributed by atoms with van der Waals surface area (Å²) >= 11 is 3.07. The molecule has 20 heavy (non-hydrogen) atoms. The van der Waals surface area contributed by atoms with E-state index in [4.69, 9.17) is 5.11 Å². The van der Waals surface area contributed by atoms with Crippen LogP contribution in [-0.2, 0) is 0 Å². The molecule has 0 spiro atoms. The number of benzene rings is 1. The molecular formula is C13H17BrN2O4. The van der Waals surface area contributed by atoms with Crippen LogP contribution in [0.5, 0.6) is 0 Å². The van der Waals surface area contributed by atoms with Crippen molar-refractivity contribution in [1.82, 2.24) is 5.32 Å². The number of carbonyl (C=O) groups is 1. The second-order valence-electron chi connectivity index (χ2n) is 4.61. The van der Waals surface area contributed by atoms with Crippen molar-refractivity contribution in [2.24, 2.45) is 5.92 Å². The number of nitro benzene ring substituents is 1. The molecule has 6 nitrogen and oxygen atoms in total. The minimum atomic E-state index is -0.538. The van der Waals surface area contributed by atoms with Crippen molar-refractivity contribution in [2.75, 3.05) is 13.2 Å². The van der Waals surface area contributed by atoms with Crippen LogP contribution in [-0.4, -0.2) is 29.1 Å². The molecule has 0 saturated heterocycles. The highest BCUT2D eigenvalue weighted by Gasteiger charge is 2.15. The van der Waals surface area contributed by atoms with Crippen molar-refractivity contribution in [3.8, 4) is 0 Å². The Labute approximate surface area is 125 Å². The van der Waals surface area contributed by atoms with Gasteiger partial charge >= 0.3 is 0 Å². The molecule has 0 aromatic heterocycles. The number of hydrogen-bond acceptors (Lipinski definition) is 4. The topological polar surface area (TPSA) is 92.5 Å². The lowest BCUT2D eigenvalue weighted by Gasteiger charge is -2.08. The molecule has 0 heterocycles. The van der Waals surface area contributed by atoms with Gasteiger partial charge in [-0.05, 0) is 46.8 Å². The van der Waals surface area contributed by atoms with Gasteiger partial charge in [-0.1, -0.05) is 6.92 Å². The van der Waals surface area contributed by atoms with Gasteiger partial charge in [0.05, 0.1) is 9.40 Å². The average molecular weight is 345 g/mol. The van der Waals surface area contributed by atoms with Crippen molar-refractivity contribution in [3.05, 3.63) is 38.3 Å². The monoisotopic (exact) mass is 344 g/mol. The van der Waals surface area contributed by atoms with Crippen molar-refractivity contribution >= 4 is 27.5 Å². The Morgan fingerprint density at radius 2 is 2.25 bits per heavy atom. The molecule has 1 rings (SSSR count). The SMILES string of the molecule is CC(CO)CCCNC(=O)c1ccc(Br)c([N+](=O)[O-])c1. The van der Waals surface area contributed by atoms with Crippen molar-refractivity contribution < 1.29 is 14.8 Å². The second kappa shape index (κ2) is 7.96. The van der Waals surface area contributed by atoms with Crippen LogP contribution in [0.4, 0.5) is 5.69 Å². The van der Waals surface area contributed by atoms with Crippen LogP contribution in [0.25, 0.3) is 0 Å². The van der Waals surface area contributed by atoms with Gasteiger partial charge < -0.3 is 10.4 Å². The predicted octanol–water partition coefficient (Wildman–Crippen LogP) is 2.50. The Balaban J connectivity index is 2.56. The highest BCUT2D eigenvalue weighted by Crippen LogP contribution is 2.25. The van der Waals surface area contributed by atoms with Crippen molar-refractivity contribution in [1.29, 1.82) is 0 Å². The standard InChI is InChI=1S/C13H17BrN2O4/c1-9(8-17)3-2-6-15-13(18)10-4-5-11(14)12(7-10)16(19)20/h4-5,7,9,17H,2-3,6,8H2,1H3,(H,15,18). The predicted molar refractivity (Wildman–Crippen MR) is 78.6 cm³/mol. The number of rotatable bonds is 7. The molecule has 0 fully saturated rings. The number of nitrogens with one attached hydrogen (secondary N) is 1. The number of amides is 1. The molecule has 0 aliphatic carbocycles. The van der Waals surface area contributed by atoms with Gasteiger partial charge in [0, 0.05) is 24.8 Å². The summed E-state index contributed by atoms with van der Waals surface area (Å²) in [7, 11) is 0. The summed E-state index contributed by atoms with van der Waals surface area (Å²) in [6, 6.07) is 4.26. The molecule has 2 N–H and O–H groups in total. The van der Waals surface area contributed by atoms with Crippen LogP contribution < -0.4 is 5.32 Å². The molecule has 0 aliphatic rings. The van der Waals surface area contributed by atoms with E-state index in [1.54, 1.807) is 0 Å². The van der Waals surface area contributed by atoms with Crippen LogP contribution in [0, 0.1) is 16.0 Å². The van der Waals surface area contributed by atoms with Crippen LogP contribution in [0.1, 0.15) is 30.1 Å². The number of aliphatic hydroxyl groups is 1. The lowest BCUT2D eigenvalue weighted by molar-refractivity contribution is -0.385. The quantitative estimate of drug-likeness (QED) is 0.451. The third-order valence-electron chi connectivity index (χ3n) is 2.88. The molecule has 0 bridgehead atoms.